The number of aromatic nitrogens is 2. The van der Waals surface area contributed by atoms with Gasteiger partial charge in [0.05, 0.1) is 19.3 Å². The van der Waals surface area contributed by atoms with E-state index in [4.69, 9.17) is 4.74 Å². The fourth-order valence-corrected chi connectivity index (χ4v) is 4.96. The van der Waals surface area contributed by atoms with Gasteiger partial charge in [-0.2, -0.15) is 9.40 Å². The van der Waals surface area contributed by atoms with Gasteiger partial charge in [-0.05, 0) is 19.1 Å². The smallest absolute Gasteiger partial charge is 0.211 e. The molecule has 0 N–H and O–H groups in total. The Morgan fingerprint density at radius 2 is 2.00 bits per heavy atom. The van der Waals surface area contributed by atoms with E-state index in [2.05, 4.69) is 10.00 Å². The molecule has 0 bridgehead atoms. The number of ether oxygens (including phenoxy) is 1. The minimum Gasteiger partial charge on any atom is -0.485 e. The number of benzene rings is 1. The Morgan fingerprint density at radius 3 is 2.68 bits per heavy atom. The number of piperidine rings is 1. The van der Waals surface area contributed by atoms with Crippen LogP contribution in [0.2, 0.25) is 0 Å². The molecule has 0 atom stereocenters. The van der Waals surface area contributed by atoms with Crippen LogP contribution in [0.5, 0.6) is 5.75 Å². The second-order valence-electron chi connectivity index (χ2n) is 8.04. The number of fused-ring (bicyclic) bond motifs is 1. The summed E-state index contributed by atoms with van der Waals surface area (Å²) in [7, 11) is -3.31. The maximum atomic E-state index is 12.4. The Morgan fingerprint density at radius 1 is 1.21 bits per heavy atom. The van der Waals surface area contributed by atoms with Gasteiger partial charge in [-0.1, -0.05) is 17.7 Å². The molecular formula is C20H28N4O3S. The molecule has 1 spiro atoms. The van der Waals surface area contributed by atoms with Crippen molar-refractivity contribution in [1.29, 1.82) is 0 Å². The van der Waals surface area contributed by atoms with Crippen LogP contribution < -0.4 is 4.74 Å². The Hall–Kier alpha value is -1.90. The summed E-state index contributed by atoms with van der Waals surface area (Å²) < 4.78 is 34.9. The highest BCUT2D eigenvalue weighted by Gasteiger charge is 2.42. The maximum Gasteiger partial charge on any atom is 0.211 e. The molecule has 0 amide bonds. The largest absolute Gasteiger partial charge is 0.485 e. The summed E-state index contributed by atoms with van der Waals surface area (Å²) in [6, 6.07) is 7.99. The number of nitrogens with zero attached hydrogens (tertiary/aromatic N) is 4. The summed E-state index contributed by atoms with van der Waals surface area (Å²) in [5.74, 6) is 0.821. The van der Waals surface area contributed by atoms with Crippen molar-refractivity contribution in [3.05, 3.63) is 47.8 Å². The summed E-state index contributed by atoms with van der Waals surface area (Å²) in [4.78, 5) is 2.40. The first-order valence-corrected chi connectivity index (χ1v) is 11.6. The van der Waals surface area contributed by atoms with Crippen LogP contribution in [-0.2, 0) is 23.1 Å². The van der Waals surface area contributed by atoms with Gasteiger partial charge >= 0.3 is 0 Å². The molecule has 2 aliphatic rings. The molecule has 0 unspecified atom stereocenters. The lowest BCUT2D eigenvalue weighted by atomic mass is 9.91. The molecule has 1 saturated heterocycles. The van der Waals surface area contributed by atoms with Gasteiger partial charge in [0.2, 0.25) is 10.0 Å². The highest BCUT2D eigenvalue weighted by atomic mass is 32.2. The van der Waals surface area contributed by atoms with Gasteiger partial charge in [-0.25, -0.2) is 8.42 Å². The van der Waals surface area contributed by atoms with E-state index < -0.39 is 15.6 Å². The van der Waals surface area contributed by atoms with E-state index in [1.165, 1.54) is 6.26 Å². The normalized spacial score (nSPS) is 20.5. The van der Waals surface area contributed by atoms with Crippen molar-refractivity contribution in [1.82, 2.24) is 19.0 Å². The molecule has 28 heavy (non-hydrogen) atoms. The summed E-state index contributed by atoms with van der Waals surface area (Å²) in [6.07, 6.45) is 6.68. The van der Waals surface area contributed by atoms with Crippen LogP contribution in [0.25, 0.3) is 0 Å². The Kier molecular flexibility index (Phi) is 5.20. The first-order valence-electron chi connectivity index (χ1n) is 9.77. The highest BCUT2D eigenvalue weighted by molar-refractivity contribution is 7.88. The summed E-state index contributed by atoms with van der Waals surface area (Å²) in [5, 5.41) is 4.26. The van der Waals surface area contributed by atoms with Gasteiger partial charge in [0, 0.05) is 57.0 Å². The second kappa shape index (κ2) is 7.50. The predicted molar refractivity (Wildman–Crippen MR) is 108 cm³/mol. The van der Waals surface area contributed by atoms with Crippen molar-refractivity contribution in [2.45, 2.75) is 38.5 Å². The van der Waals surface area contributed by atoms with Gasteiger partial charge in [0.25, 0.3) is 0 Å². The highest BCUT2D eigenvalue weighted by Crippen LogP contribution is 2.36. The Bertz CT molecular complexity index is 919. The molecule has 0 saturated carbocycles. The zero-order valence-electron chi connectivity index (χ0n) is 16.5. The van der Waals surface area contributed by atoms with Crippen LogP contribution >= 0.6 is 0 Å². The lowest BCUT2D eigenvalue weighted by Gasteiger charge is -2.42. The Labute approximate surface area is 166 Å². The summed E-state index contributed by atoms with van der Waals surface area (Å²) in [5.41, 5.74) is 1.59. The average molecular weight is 405 g/mol. The standard InChI is InChI=1S/C20H28N4O3S/c1-17-4-5-19-18(14-17)15-24(28(2,25)26)16-20(27-19)6-10-22(11-7-20)12-13-23-9-3-8-21-23/h3-5,8-9,14H,6-7,10-13,15-16H2,1-2H3. The van der Waals surface area contributed by atoms with E-state index in [9.17, 15) is 8.42 Å². The van der Waals surface area contributed by atoms with Crippen LogP contribution in [0, 0.1) is 6.92 Å². The molecule has 7 nitrogen and oxygen atoms in total. The SMILES string of the molecule is Cc1ccc2c(c1)CN(S(C)(=O)=O)CC1(CCN(CCn3cccn3)CC1)O2. The number of hydrogen-bond donors (Lipinski definition) is 0. The summed E-state index contributed by atoms with van der Waals surface area (Å²) in [6.45, 7) is 6.37. The van der Waals surface area contributed by atoms with Crippen LogP contribution in [-0.4, -0.2) is 65.4 Å². The molecule has 4 rings (SSSR count). The van der Waals surface area contributed by atoms with Crippen molar-refractivity contribution < 1.29 is 13.2 Å². The van der Waals surface area contributed by atoms with Crippen LogP contribution in [0.4, 0.5) is 0 Å². The third-order valence-electron chi connectivity index (χ3n) is 5.79. The lowest BCUT2D eigenvalue weighted by molar-refractivity contribution is -0.00628. The number of likely N-dealkylation sites (tertiary alicyclic amines) is 1. The molecule has 0 radical (unpaired) electrons. The van der Waals surface area contributed by atoms with Gasteiger partial charge in [0.15, 0.2) is 0 Å². The third kappa shape index (κ3) is 4.24. The second-order valence-corrected chi connectivity index (χ2v) is 10.0. The lowest BCUT2D eigenvalue weighted by Crippen LogP contribution is -2.54. The van der Waals surface area contributed by atoms with Gasteiger partial charge in [-0.15, -0.1) is 0 Å². The topological polar surface area (TPSA) is 67.7 Å². The fraction of sp³-hybridized carbons (Fsp3) is 0.550. The predicted octanol–water partition coefficient (Wildman–Crippen LogP) is 1.88. The van der Waals surface area contributed by atoms with Crippen LogP contribution in [0.15, 0.2) is 36.7 Å². The number of aryl methyl sites for hydroxylation is 1. The molecule has 1 aromatic carbocycles. The monoisotopic (exact) mass is 404 g/mol. The first kappa shape index (κ1) is 19.4. The van der Waals surface area contributed by atoms with E-state index in [0.717, 1.165) is 55.9 Å². The molecule has 0 aliphatic carbocycles. The molecule has 8 heteroatoms. The van der Waals surface area contributed by atoms with Crippen molar-refractivity contribution >= 4 is 10.0 Å². The van der Waals surface area contributed by atoms with Gasteiger partial charge < -0.3 is 9.64 Å². The third-order valence-corrected chi connectivity index (χ3v) is 6.99. The molecule has 2 aromatic rings. The van der Waals surface area contributed by atoms with Crippen LogP contribution in [0.3, 0.4) is 0 Å². The zero-order valence-corrected chi connectivity index (χ0v) is 17.4. The summed E-state index contributed by atoms with van der Waals surface area (Å²) >= 11 is 0. The van der Waals surface area contributed by atoms with E-state index in [-0.39, 0.29) is 0 Å². The molecule has 1 fully saturated rings. The Balaban J connectivity index is 1.50. The van der Waals surface area contributed by atoms with Gasteiger partial charge in [0.1, 0.15) is 11.4 Å². The van der Waals surface area contributed by atoms with Gasteiger partial charge in [-0.3, -0.25) is 4.68 Å². The van der Waals surface area contributed by atoms with Crippen molar-refractivity contribution in [3.63, 3.8) is 0 Å². The molecule has 2 aliphatic heterocycles. The van der Waals surface area contributed by atoms with E-state index in [1.807, 2.05) is 42.1 Å². The zero-order chi connectivity index (χ0) is 19.8. The minimum absolute atomic E-state index is 0.376. The van der Waals surface area contributed by atoms with E-state index in [0.29, 0.717) is 13.1 Å². The number of hydrogen-bond acceptors (Lipinski definition) is 5. The molecule has 152 valence electrons. The van der Waals surface area contributed by atoms with Crippen LogP contribution in [0.1, 0.15) is 24.0 Å². The van der Waals surface area contributed by atoms with Crippen molar-refractivity contribution in [2.24, 2.45) is 0 Å². The average Bonchev–Trinajstić information content (AvgIpc) is 3.10. The van der Waals surface area contributed by atoms with E-state index in [1.54, 1.807) is 10.5 Å². The fourth-order valence-electron chi connectivity index (χ4n) is 4.12. The molecule has 1 aromatic heterocycles. The minimum atomic E-state index is -3.31. The quantitative estimate of drug-likeness (QED) is 0.778. The molecular weight excluding hydrogens is 376 g/mol. The first-order chi connectivity index (χ1) is 13.3. The maximum absolute atomic E-state index is 12.4. The van der Waals surface area contributed by atoms with E-state index >= 15 is 0 Å². The molecule has 3 heterocycles. The van der Waals surface area contributed by atoms with Crippen molar-refractivity contribution in [2.75, 3.05) is 32.4 Å². The number of rotatable bonds is 4. The van der Waals surface area contributed by atoms with Crippen molar-refractivity contribution in [3.8, 4) is 5.75 Å². The number of sulfonamides is 1.